The van der Waals surface area contributed by atoms with E-state index in [0.717, 1.165) is 16.6 Å². The van der Waals surface area contributed by atoms with Crippen LogP contribution in [0.5, 0.6) is 0 Å². The average Bonchev–Trinajstić information content (AvgIpc) is 2.46. The van der Waals surface area contributed by atoms with Crippen molar-refractivity contribution >= 4 is 34.0 Å². The summed E-state index contributed by atoms with van der Waals surface area (Å²) in [5.41, 5.74) is 1.60. The predicted octanol–water partition coefficient (Wildman–Crippen LogP) is 4.19. The minimum Gasteiger partial charge on any atom is -0.329 e. The van der Waals surface area contributed by atoms with E-state index in [1.165, 1.54) is 12.1 Å². The van der Waals surface area contributed by atoms with Crippen molar-refractivity contribution in [1.29, 1.82) is 0 Å². The van der Waals surface area contributed by atoms with Gasteiger partial charge in [-0.25, -0.2) is 9.37 Å². The van der Waals surface area contributed by atoms with E-state index in [-0.39, 0.29) is 11.1 Å². The van der Waals surface area contributed by atoms with Gasteiger partial charge < -0.3 is 4.90 Å². The lowest BCUT2D eigenvalue weighted by Crippen LogP contribution is -2.12. The zero-order valence-electron chi connectivity index (χ0n) is 10.7. The fourth-order valence-electron chi connectivity index (χ4n) is 2.07. The Morgan fingerprint density at radius 1 is 1.00 bits per heavy atom. The van der Waals surface area contributed by atoms with Gasteiger partial charge in [0.15, 0.2) is 0 Å². The fourth-order valence-corrected chi connectivity index (χ4v) is 2.25. The summed E-state index contributed by atoms with van der Waals surface area (Å²) in [7, 11) is 1.86. The Bertz CT molecular complexity index is 759. The minimum atomic E-state index is -0.271. The van der Waals surface area contributed by atoms with Crippen LogP contribution >= 0.6 is 11.6 Å². The first-order valence-electron chi connectivity index (χ1n) is 6.07. The number of nitrogens with zero attached hydrogens (tertiary/aromatic N) is 3. The Hall–Kier alpha value is -2.20. The quantitative estimate of drug-likeness (QED) is 0.662. The number of hydrogen-bond acceptors (Lipinski definition) is 3. The second-order valence-electron chi connectivity index (χ2n) is 4.37. The topological polar surface area (TPSA) is 29.0 Å². The van der Waals surface area contributed by atoms with Crippen LogP contribution in [0.4, 0.5) is 15.9 Å². The molecule has 0 spiro atoms. The molecule has 0 aliphatic carbocycles. The lowest BCUT2D eigenvalue weighted by atomic mass is 10.2. The van der Waals surface area contributed by atoms with Crippen LogP contribution < -0.4 is 4.90 Å². The molecule has 3 aromatic rings. The highest BCUT2D eigenvalue weighted by atomic mass is 35.5. The van der Waals surface area contributed by atoms with Gasteiger partial charge in [0.1, 0.15) is 11.6 Å². The summed E-state index contributed by atoms with van der Waals surface area (Å²) >= 11 is 5.97. The molecular formula is C15H11ClFN3. The van der Waals surface area contributed by atoms with Gasteiger partial charge in [-0.2, -0.15) is 4.98 Å². The van der Waals surface area contributed by atoms with Crippen molar-refractivity contribution in [2.24, 2.45) is 0 Å². The Morgan fingerprint density at radius 3 is 2.45 bits per heavy atom. The molecule has 2 aromatic carbocycles. The first-order chi connectivity index (χ1) is 9.65. The van der Waals surface area contributed by atoms with E-state index in [1.54, 1.807) is 12.1 Å². The van der Waals surface area contributed by atoms with Crippen LogP contribution in [0.3, 0.4) is 0 Å². The maximum Gasteiger partial charge on any atom is 0.224 e. The number of fused-ring (bicyclic) bond motifs is 1. The molecule has 0 bridgehead atoms. The van der Waals surface area contributed by atoms with Crippen LogP contribution in [0.25, 0.3) is 10.9 Å². The summed E-state index contributed by atoms with van der Waals surface area (Å²) in [4.78, 5) is 10.3. The van der Waals surface area contributed by atoms with Gasteiger partial charge >= 0.3 is 0 Å². The van der Waals surface area contributed by atoms with Gasteiger partial charge in [0.05, 0.1) is 5.52 Å². The number of hydrogen-bond donors (Lipinski definition) is 0. The van der Waals surface area contributed by atoms with Crippen molar-refractivity contribution in [3.05, 3.63) is 59.6 Å². The summed E-state index contributed by atoms with van der Waals surface area (Å²) in [5.74, 6) is 0.417. The zero-order valence-corrected chi connectivity index (χ0v) is 11.5. The lowest BCUT2D eigenvalue weighted by Gasteiger charge is -2.20. The van der Waals surface area contributed by atoms with Crippen molar-refractivity contribution in [2.45, 2.75) is 0 Å². The van der Waals surface area contributed by atoms with Gasteiger partial charge in [-0.15, -0.1) is 0 Å². The number of halogens is 2. The second kappa shape index (κ2) is 5.06. The van der Waals surface area contributed by atoms with Gasteiger partial charge in [0, 0.05) is 18.1 Å². The maximum atomic E-state index is 13.0. The largest absolute Gasteiger partial charge is 0.329 e. The predicted molar refractivity (Wildman–Crippen MR) is 79.0 cm³/mol. The smallest absolute Gasteiger partial charge is 0.224 e. The molecule has 0 saturated carbocycles. The summed E-state index contributed by atoms with van der Waals surface area (Å²) < 4.78 is 13.0. The van der Waals surface area contributed by atoms with Crippen LogP contribution in [0.15, 0.2) is 48.5 Å². The van der Waals surface area contributed by atoms with E-state index in [4.69, 9.17) is 11.6 Å². The Balaban J connectivity index is 2.15. The SMILES string of the molecule is CN(c1ccc(F)cc1)c1nc(Cl)nc2ccccc12. The number of rotatable bonds is 2. The summed E-state index contributed by atoms with van der Waals surface area (Å²) in [5, 5.41) is 1.08. The molecule has 3 nitrogen and oxygen atoms in total. The lowest BCUT2D eigenvalue weighted by molar-refractivity contribution is 0.628. The van der Waals surface area contributed by atoms with Crippen LogP contribution in [0.2, 0.25) is 5.28 Å². The Morgan fingerprint density at radius 2 is 1.70 bits per heavy atom. The van der Waals surface area contributed by atoms with Crippen molar-refractivity contribution in [3.63, 3.8) is 0 Å². The molecule has 100 valence electrons. The third kappa shape index (κ3) is 2.30. The van der Waals surface area contributed by atoms with Gasteiger partial charge in [0.2, 0.25) is 5.28 Å². The van der Waals surface area contributed by atoms with E-state index in [2.05, 4.69) is 9.97 Å². The van der Waals surface area contributed by atoms with Gasteiger partial charge in [-0.05, 0) is 48.0 Å². The molecule has 0 radical (unpaired) electrons. The third-order valence-electron chi connectivity index (χ3n) is 3.09. The summed E-state index contributed by atoms with van der Waals surface area (Å²) in [6.45, 7) is 0. The van der Waals surface area contributed by atoms with Gasteiger partial charge in [-0.3, -0.25) is 0 Å². The van der Waals surface area contributed by atoms with Crippen molar-refractivity contribution in [3.8, 4) is 0 Å². The number of anilines is 2. The second-order valence-corrected chi connectivity index (χ2v) is 4.71. The van der Waals surface area contributed by atoms with Crippen LogP contribution in [0.1, 0.15) is 0 Å². The first-order valence-corrected chi connectivity index (χ1v) is 6.44. The Kier molecular flexibility index (Phi) is 3.24. The highest BCUT2D eigenvalue weighted by molar-refractivity contribution is 6.28. The molecule has 0 unspecified atom stereocenters. The fraction of sp³-hybridized carbons (Fsp3) is 0.0667. The molecule has 0 amide bonds. The maximum absolute atomic E-state index is 13.0. The van der Waals surface area contributed by atoms with Crippen molar-refractivity contribution < 1.29 is 4.39 Å². The van der Waals surface area contributed by atoms with Crippen LogP contribution in [-0.4, -0.2) is 17.0 Å². The van der Waals surface area contributed by atoms with E-state index in [9.17, 15) is 4.39 Å². The molecule has 1 aromatic heterocycles. The molecule has 0 saturated heterocycles. The van der Waals surface area contributed by atoms with Crippen LogP contribution in [-0.2, 0) is 0 Å². The van der Waals surface area contributed by atoms with E-state index in [1.807, 2.05) is 36.2 Å². The van der Waals surface area contributed by atoms with Gasteiger partial charge in [0.25, 0.3) is 0 Å². The van der Waals surface area contributed by atoms with E-state index >= 15 is 0 Å². The molecule has 0 aliphatic rings. The van der Waals surface area contributed by atoms with Crippen LogP contribution in [0, 0.1) is 5.82 Å². The standard InChI is InChI=1S/C15H11ClFN3/c1-20(11-8-6-10(17)7-9-11)14-12-4-2-3-5-13(12)18-15(16)19-14/h2-9H,1H3. The van der Waals surface area contributed by atoms with E-state index < -0.39 is 0 Å². The normalized spacial score (nSPS) is 10.8. The highest BCUT2D eigenvalue weighted by Gasteiger charge is 2.12. The molecule has 0 aliphatic heterocycles. The molecule has 0 N–H and O–H groups in total. The minimum absolute atomic E-state index is 0.188. The first kappa shape index (κ1) is 12.8. The van der Waals surface area contributed by atoms with Crippen molar-refractivity contribution in [2.75, 3.05) is 11.9 Å². The monoisotopic (exact) mass is 287 g/mol. The number of benzene rings is 2. The molecule has 1 heterocycles. The van der Waals surface area contributed by atoms with Gasteiger partial charge in [-0.1, -0.05) is 12.1 Å². The third-order valence-corrected chi connectivity index (χ3v) is 3.26. The number of para-hydroxylation sites is 1. The molecule has 0 fully saturated rings. The summed E-state index contributed by atoms with van der Waals surface area (Å²) in [6, 6.07) is 13.8. The number of aromatic nitrogens is 2. The molecular weight excluding hydrogens is 277 g/mol. The zero-order chi connectivity index (χ0) is 14.1. The summed E-state index contributed by atoms with van der Waals surface area (Å²) in [6.07, 6.45) is 0. The highest BCUT2D eigenvalue weighted by Crippen LogP contribution is 2.29. The average molecular weight is 288 g/mol. The Labute approximate surface area is 120 Å². The molecule has 0 atom stereocenters. The molecule has 5 heteroatoms. The van der Waals surface area contributed by atoms with Crippen molar-refractivity contribution in [1.82, 2.24) is 9.97 Å². The van der Waals surface area contributed by atoms with E-state index in [0.29, 0.717) is 5.82 Å². The molecule has 20 heavy (non-hydrogen) atoms. The molecule has 3 rings (SSSR count).